The molecule has 0 fully saturated rings. The van der Waals surface area contributed by atoms with Crippen molar-refractivity contribution in [2.45, 2.75) is 13.0 Å². The van der Waals surface area contributed by atoms with E-state index in [9.17, 15) is 23.1 Å². The molecule has 0 aliphatic carbocycles. The summed E-state index contributed by atoms with van der Waals surface area (Å²) in [6.07, 6.45) is -0.695. The molecule has 0 saturated heterocycles. The van der Waals surface area contributed by atoms with Gasteiger partial charge in [-0.05, 0) is 24.6 Å². The number of carbonyl (C=O) groups excluding carboxylic acids is 1. The summed E-state index contributed by atoms with van der Waals surface area (Å²) in [7, 11) is 0. The van der Waals surface area contributed by atoms with Crippen molar-refractivity contribution in [3.8, 4) is 5.75 Å². The van der Waals surface area contributed by atoms with E-state index in [0.29, 0.717) is 23.4 Å². The van der Waals surface area contributed by atoms with Gasteiger partial charge in [0, 0.05) is 17.8 Å². The van der Waals surface area contributed by atoms with Gasteiger partial charge in [0.25, 0.3) is 5.91 Å². The minimum Gasteiger partial charge on any atom is -0.481 e. The van der Waals surface area contributed by atoms with Crippen LogP contribution in [0.3, 0.4) is 0 Å². The summed E-state index contributed by atoms with van der Waals surface area (Å²) in [5.74, 6) is -4.89. The Bertz CT molecular complexity index is 720. The molecule has 0 unspecified atom stereocenters. The van der Waals surface area contributed by atoms with Crippen LogP contribution in [-0.4, -0.2) is 17.6 Å². The van der Waals surface area contributed by atoms with E-state index in [4.69, 9.17) is 4.74 Å². The normalized spacial score (nSPS) is 11.9. The van der Waals surface area contributed by atoms with Crippen molar-refractivity contribution in [2.24, 2.45) is 0 Å². The predicted octanol–water partition coefficient (Wildman–Crippen LogP) is 3.17. The Morgan fingerprint density at radius 3 is 2.57 bits per heavy atom. The van der Waals surface area contributed by atoms with Gasteiger partial charge in [0.1, 0.15) is 0 Å². The predicted molar refractivity (Wildman–Crippen MR) is 77.5 cm³/mol. The molecular weight excluding hydrogens is 311 g/mol. The van der Waals surface area contributed by atoms with Crippen LogP contribution in [0, 0.1) is 17.5 Å². The molecule has 0 aliphatic heterocycles. The lowest BCUT2D eigenvalue weighted by molar-refractivity contribution is -0.118. The molecule has 0 aliphatic rings. The second-order valence-corrected chi connectivity index (χ2v) is 4.84. The third-order valence-electron chi connectivity index (χ3n) is 2.99. The maximum Gasteiger partial charge on any atom is 0.262 e. The van der Waals surface area contributed by atoms with Crippen molar-refractivity contribution in [3.05, 3.63) is 59.4 Å². The highest BCUT2D eigenvalue weighted by Crippen LogP contribution is 2.21. The molecule has 2 aromatic rings. The van der Waals surface area contributed by atoms with Gasteiger partial charge in [-0.1, -0.05) is 12.1 Å². The molecule has 0 saturated carbocycles. The molecule has 0 aromatic heterocycles. The van der Waals surface area contributed by atoms with Crippen LogP contribution < -0.4 is 10.1 Å². The molecule has 0 spiro atoms. The monoisotopic (exact) mass is 325 g/mol. The fourth-order valence-electron chi connectivity index (χ4n) is 1.83. The maximum absolute atomic E-state index is 13.4. The topological polar surface area (TPSA) is 58.6 Å². The highest BCUT2D eigenvalue weighted by atomic mass is 19.2. The number of benzene rings is 2. The molecule has 2 N–H and O–H groups in total. The fraction of sp³-hybridized carbons (Fsp3) is 0.188. The van der Waals surface area contributed by atoms with Gasteiger partial charge in [0.15, 0.2) is 29.8 Å². The summed E-state index contributed by atoms with van der Waals surface area (Å²) in [6.45, 7) is 0.997. The summed E-state index contributed by atoms with van der Waals surface area (Å²) < 4.78 is 44.0. The summed E-state index contributed by atoms with van der Waals surface area (Å²) >= 11 is 0. The van der Waals surface area contributed by atoms with E-state index in [1.54, 1.807) is 31.2 Å². The van der Waals surface area contributed by atoms with Crippen molar-refractivity contribution in [1.82, 2.24) is 0 Å². The summed E-state index contributed by atoms with van der Waals surface area (Å²) in [5, 5.41) is 12.0. The molecule has 0 heterocycles. The van der Waals surface area contributed by atoms with Crippen LogP contribution in [0.4, 0.5) is 18.9 Å². The molecule has 0 bridgehead atoms. The van der Waals surface area contributed by atoms with Crippen molar-refractivity contribution in [1.29, 1.82) is 0 Å². The van der Waals surface area contributed by atoms with Crippen molar-refractivity contribution >= 4 is 11.6 Å². The van der Waals surface area contributed by atoms with Crippen LogP contribution >= 0.6 is 0 Å². The molecule has 7 heteroatoms. The van der Waals surface area contributed by atoms with Crippen LogP contribution in [0.25, 0.3) is 0 Å². The average molecular weight is 325 g/mol. The van der Waals surface area contributed by atoms with Crippen LogP contribution in [0.1, 0.15) is 18.6 Å². The number of carbonyl (C=O) groups is 1. The van der Waals surface area contributed by atoms with Gasteiger partial charge < -0.3 is 15.2 Å². The molecule has 2 aromatic carbocycles. The van der Waals surface area contributed by atoms with E-state index in [1.807, 2.05) is 0 Å². The SMILES string of the molecule is C[C@@H](O)c1cccc(NC(=O)COc2cc(F)c(F)cc2F)c1. The van der Waals surface area contributed by atoms with Gasteiger partial charge in [0.2, 0.25) is 0 Å². The number of ether oxygens (including phenoxy) is 1. The van der Waals surface area contributed by atoms with E-state index in [1.165, 1.54) is 0 Å². The zero-order valence-electron chi connectivity index (χ0n) is 12.1. The smallest absolute Gasteiger partial charge is 0.262 e. The standard InChI is InChI=1S/C16H14F3NO3/c1-9(21)10-3-2-4-11(5-10)20-16(22)8-23-15-7-13(18)12(17)6-14(15)19/h2-7,9,21H,8H2,1H3,(H,20,22)/t9-/m1/s1. The molecular formula is C16H14F3NO3. The first kappa shape index (κ1) is 16.8. The van der Waals surface area contributed by atoms with E-state index in [0.717, 1.165) is 0 Å². The first-order valence-electron chi connectivity index (χ1n) is 6.72. The Balaban J connectivity index is 1.98. The Morgan fingerprint density at radius 1 is 1.17 bits per heavy atom. The van der Waals surface area contributed by atoms with E-state index in [2.05, 4.69) is 5.32 Å². The third kappa shape index (κ3) is 4.46. The van der Waals surface area contributed by atoms with Crippen molar-refractivity contribution < 1.29 is 27.8 Å². The van der Waals surface area contributed by atoms with Gasteiger partial charge in [-0.2, -0.15) is 0 Å². The summed E-state index contributed by atoms with van der Waals surface area (Å²) in [6, 6.07) is 7.38. The van der Waals surface area contributed by atoms with Gasteiger partial charge in [-0.3, -0.25) is 4.79 Å². The number of halogens is 3. The number of amides is 1. The molecule has 1 atom stereocenters. The minimum atomic E-state index is -1.34. The number of aliphatic hydroxyl groups is 1. The van der Waals surface area contributed by atoms with Crippen LogP contribution in [-0.2, 0) is 4.79 Å². The lowest BCUT2D eigenvalue weighted by Crippen LogP contribution is -2.20. The molecule has 1 amide bonds. The van der Waals surface area contributed by atoms with Crippen LogP contribution in [0.2, 0.25) is 0 Å². The highest BCUT2D eigenvalue weighted by Gasteiger charge is 2.13. The largest absolute Gasteiger partial charge is 0.481 e. The molecule has 23 heavy (non-hydrogen) atoms. The highest BCUT2D eigenvalue weighted by molar-refractivity contribution is 5.91. The van der Waals surface area contributed by atoms with E-state index >= 15 is 0 Å². The number of hydrogen-bond donors (Lipinski definition) is 2. The fourth-order valence-corrected chi connectivity index (χ4v) is 1.83. The van der Waals surface area contributed by atoms with Crippen molar-refractivity contribution in [2.75, 3.05) is 11.9 Å². The summed E-state index contributed by atoms with van der Waals surface area (Å²) in [5.41, 5.74) is 1.03. The van der Waals surface area contributed by atoms with E-state index in [-0.39, 0.29) is 0 Å². The third-order valence-corrected chi connectivity index (χ3v) is 2.99. The van der Waals surface area contributed by atoms with Gasteiger partial charge >= 0.3 is 0 Å². The molecule has 2 rings (SSSR count). The van der Waals surface area contributed by atoms with Crippen LogP contribution in [0.5, 0.6) is 5.75 Å². The van der Waals surface area contributed by atoms with Crippen molar-refractivity contribution in [3.63, 3.8) is 0 Å². The first-order chi connectivity index (χ1) is 10.9. The lowest BCUT2D eigenvalue weighted by Gasteiger charge is -2.10. The number of nitrogens with one attached hydrogen (secondary N) is 1. The minimum absolute atomic E-state index is 0.342. The Kier molecular flexibility index (Phi) is 5.23. The first-order valence-corrected chi connectivity index (χ1v) is 6.72. The summed E-state index contributed by atoms with van der Waals surface area (Å²) in [4.78, 5) is 11.7. The van der Waals surface area contributed by atoms with E-state index < -0.39 is 41.8 Å². The average Bonchev–Trinajstić information content (AvgIpc) is 2.50. The molecule has 4 nitrogen and oxygen atoms in total. The second-order valence-electron chi connectivity index (χ2n) is 4.84. The molecule has 0 radical (unpaired) electrons. The molecule has 122 valence electrons. The Labute approximate surface area is 130 Å². The lowest BCUT2D eigenvalue weighted by atomic mass is 10.1. The number of aliphatic hydroxyl groups excluding tert-OH is 1. The quantitative estimate of drug-likeness (QED) is 0.830. The zero-order chi connectivity index (χ0) is 17.0. The Morgan fingerprint density at radius 2 is 1.87 bits per heavy atom. The van der Waals surface area contributed by atoms with Gasteiger partial charge in [-0.25, -0.2) is 13.2 Å². The van der Waals surface area contributed by atoms with Gasteiger partial charge in [0.05, 0.1) is 6.10 Å². The maximum atomic E-state index is 13.4. The van der Waals surface area contributed by atoms with Gasteiger partial charge in [-0.15, -0.1) is 0 Å². The second kappa shape index (κ2) is 7.15. The number of rotatable bonds is 5. The number of hydrogen-bond acceptors (Lipinski definition) is 3. The van der Waals surface area contributed by atoms with Crippen LogP contribution in [0.15, 0.2) is 36.4 Å². The number of anilines is 1. The Hall–Kier alpha value is -2.54. The zero-order valence-corrected chi connectivity index (χ0v) is 12.1.